The molecule has 0 aliphatic rings. The first kappa shape index (κ1) is 24.0. The summed E-state index contributed by atoms with van der Waals surface area (Å²) in [6.07, 6.45) is 1.66. The van der Waals surface area contributed by atoms with Gasteiger partial charge < -0.3 is 20.3 Å². The Kier molecular flexibility index (Phi) is 8.22. The van der Waals surface area contributed by atoms with Gasteiger partial charge in [0.05, 0.1) is 28.4 Å². The number of carbonyl (C=O) groups excluding carboxylic acids is 2. The van der Waals surface area contributed by atoms with Gasteiger partial charge >= 0.3 is 5.97 Å². The van der Waals surface area contributed by atoms with Crippen molar-refractivity contribution in [3.05, 3.63) is 83.2 Å². The van der Waals surface area contributed by atoms with Crippen LogP contribution in [0.25, 0.3) is 0 Å². The van der Waals surface area contributed by atoms with Crippen molar-refractivity contribution in [3.63, 3.8) is 0 Å². The number of allylic oxidation sites excluding steroid dienone is 1. The second-order valence-electron chi connectivity index (χ2n) is 6.68. The van der Waals surface area contributed by atoms with E-state index in [0.29, 0.717) is 33.8 Å². The summed E-state index contributed by atoms with van der Waals surface area (Å²) >= 11 is 7.24. The van der Waals surface area contributed by atoms with Crippen LogP contribution < -0.4 is 10.6 Å². The second kappa shape index (κ2) is 11.3. The molecule has 0 fully saturated rings. The van der Waals surface area contributed by atoms with Crippen molar-refractivity contribution in [2.75, 3.05) is 11.1 Å². The first-order valence-electron chi connectivity index (χ1n) is 9.70. The van der Waals surface area contributed by atoms with Crippen LogP contribution in [0.1, 0.15) is 26.5 Å². The maximum Gasteiger partial charge on any atom is 0.335 e. The zero-order valence-corrected chi connectivity index (χ0v) is 18.9. The lowest BCUT2D eigenvalue weighted by Crippen LogP contribution is -2.25. The second-order valence-corrected chi connectivity index (χ2v) is 8.03. The third kappa shape index (κ3) is 6.43. The average Bonchev–Trinajstić information content (AvgIpc) is 3.18. The maximum absolute atomic E-state index is 12.4. The molecule has 2 amide bonds. The van der Waals surface area contributed by atoms with Crippen molar-refractivity contribution < 1.29 is 19.5 Å². The Labute approximate surface area is 198 Å². The molecule has 33 heavy (non-hydrogen) atoms. The van der Waals surface area contributed by atoms with Crippen LogP contribution in [-0.4, -0.2) is 43.4 Å². The smallest absolute Gasteiger partial charge is 0.335 e. The van der Waals surface area contributed by atoms with E-state index < -0.39 is 5.97 Å². The number of aromatic carboxylic acids is 1. The molecule has 1 aromatic heterocycles. The van der Waals surface area contributed by atoms with Crippen molar-refractivity contribution >= 4 is 46.8 Å². The maximum atomic E-state index is 12.4. The molecular weight excluding hydrogens is 466 g/mol. The number of hydrogen-bond donors (Lipinski definition) is 3. The summed E-state index contributed by atoms with van der Waals surface area (Å²) in [5.41, 5.74) is 0.979. The Morgan fingerprint density at radius 2 is 1.85 bits per heavy atom. The monoisotopic (exact) mass is 485 g/mol. The Morgan fingerprint density at radius 1 is 1.12 bits per heavy atom. The molecular formula is C22H20ClN5O4S. The van der Waals surface area contributed by atoms with Crippen LogP contribution in [0.2, 0.25) is 5.02 Å². The lowest BCUT2D eigenvalue weighted by molar-refractivity contribution is -0.113. The summed E-state index contributed by atoms with van der Waals surface area (Å²) in [7, 11) is 0. The van der Waals surface area contributed by atoms with Crippen LogP contribution in [0, 0.1) is 0 Å². The van der Waals surface area contributed by atoms with Gasteiger partial charge in [-0.1, -0.05) is 41.6 Å². The Bertz CT molecular complexity index is 1180. The lowest BCUT2D eigenvalue weighted by Gasteiger charge is -2.10. The van der Waals surface area contributed by atoms with E-state index in [1.165, 1.54) is 36.0 Å². The van der Waals surface area contributed by atoms with E-state index in [4.69, 9.17) is 16.7 Å². The highest BCUT2D eigenvalue weighted by atomic mass is 35.5. The summed E-state index contributed by atoms with van der Waals surface area (Å²) in [6.45, 7) is 4.24. The number of hydrogen-bond acceptors (Lipinski definition) is 6. The van der Waals surface area contributed by atoms with Gasteiger partial charge in [0.1, 0.15) is 0 Å². The molecule has 1 heterocycles. The van der Waals surface area contributed by atoms with Crippen LogP contribution in [0.5, 0.6) is 0 Å². The van der Waals surface area contributed by atoms with Crippen molar-refractivity contribution in [2.24, 2.45) is 0 Å². The molecule has 0 saturated carbocycles. The molecule has 0 unspecified atom stereocenters. The van der Waals surface area contributed by atoms with Gasteiger partial charge in [0.25, 0.3) is 5.91 Å². The summed E-state index contributed by atoms with van der Waals surface area (Å²) in [5, 5.41) is 23.5. The summed E-state index contributed by atoms with van der Waals surface area (Å²) in [4.78, 5) is 35.6. The van der Waals surface area contributed by atoms with E-state index in [-0.39, 0.29) is 29.7 Å². The number of anilines is 1. The number of nitrogens with zero attached hydrogens (tertiary/aromatic N) is 3. The molecule has 3 aromatic rings. The topological polar surface area (TPSA) is 126 Å². The molecule has 0 aliphatic carbocycles. The molecule has 2 aromatic carbocycles. The molecule has 0 atom stereocenters. The first-order chi connectivity index (χ1) is 15.9. The Balaban J connectivity index is 1.60. The summed E-state index contributed by atoms with van der Waals surface area (Å²) in [6, 6.07) is 12.6. The zero-order chi connectivity index (χ0) is 23.8. The van der Waals surface area contributed by atoms with Crippen LogP contribution in [0.15, 0.2) is 66.3 Å². The Morgan fingerprint density at radius 3 is 2.52 bits per heavy atom. The van der Waals surface area contributed by atoms with E-state index in [1.807, 2.05) is 0 Å². The van der Waals surface area contributed by atoms with Crippen molar-refractivity contribution in [3.8, 4) is 0 Å². The molecule has 0 radical (unpaired) electrons. The van der Waals surface area contributed by atoms with Gasteiger partial charge in [-0.2, -0.15) is 0 Å². The van der Waals surface area contributed by atoms with Crippen LogP contribution >= 0.6 is 23.4 Å². The number of rotatable bonds is 10. The van der Waals surface area contributed by atoms with E-state index in [2.05, 4.69) is 27.4 Å². The SMILES string of the molecule is C=CCn1c(CNC(=O)c2ccccc2Cl)nnc1SCC(=O)Nc1ccc(C(=O)O)cc1. The van der Waals surface area contributed by atoms with Crippen LogP contribution in [0.4, 0.5) is 5.69 Å². The van der Waals surface area contributed by atoms with Gasteiger partial charge in [-0.05, 0) is 36.4 Å². The fourth-order valence-corrected chi connectivity index (χ4v) is 3.78. The predicted molar refractivity (Wildman–Crippen MR) is 126 cm³/mol. The number of carboxylic acid groups (broad SMARTS) is 1. The number of carbonyl (C=O) groups is 3. The fraction of sp³-hybridized carbons (Fsp3) is 0.136. The average molecular weight is 486 g/mol. The largest absolute Gasteiger partial charge is 0.478 e. The molecule has 0 saturated heterocycles. The summed E-state index contributed by atoms with van der Waals surface area (Å²) < 4.78 is 1.75. The van der Waals surface area contributed by atoms with E-state index in [0.717, 1.165) is 0 Å². The van der Waals surface area contributed by atoms with Crippen molar-refractivity contribution in [2.45, 2.75) is 18.2 Å². The molecule has 3 N–H and O–H groups in total. The molecule has 0 aliphatic heterocycles. The van der Waals surface area contributed by atoms with Crippen molar-refractivity contribution in [1.29, 1.82) is 0 Å². The van der Waals surface area contributed by atoms with Gasteiger partial charge in [-0.15, -0.1) is 16.8 Å². The van der Waals surface area contributed by atoms with Gasteiger partial charge in [0.2, 0.25) is 5.91 Å². The standard InChI is InChI=1S/C22H20ClN5O4S/c1-2-11-28-18(12-24-20(30)16-5-3-4-6-17(16)23)26-27-22(28)33-13-19(29)25-15-9-7-14(8-10-15)21(31)32/h2-10H,1,11-13H2,(H,24,30)(H,25,29)(H,31,32). The highest BCUT2D eigenvalue weighted by Crippen LogP contribution is 2.19. The summed E-state index contributed by atoms with van der Waals surface area (Å²) in [5.74, 6) is -1.10. The molecule has 170 valence electrons. The number of nitrogens with one attached hydrogen (secondary N) is 2. The number of thioether (sulfide) groups is 1. The quantitative estimate of drug-likeness (QED) is 0.296. The third-order valence-electron chi connectivity index (χ3n) is 4.38. The molecule has 3 rings (SSSR count). The number of aromatic nitrogens is 3. The third-order valence-corrected chi connectivity index (χ3v) is 5.67. The van der Waals surface area contributed by atoms with E-state index in [9.17, 15) is 14.4 Å². The van der Waals surface area contributed by atoms with Gasteiger partial charge in [0, 0.05) is 12.2 Å². The van der Waals surface area contributed by atoms with Crippen LogP contribution in [0.3, 0.4) is 0 Å². The first-order valence-corrected chi connectivity index (χ1v) is 11.1. The van der Waals surface area contributed by atoms with Gasteiger partial charge in [0.15, 0.2) is 11.0 Å². The number of halogens is 1. The van der Waals surface area contributed by atoms with E-state index in [1.54, 1.807) is 34.9 Å². The van der Waals surface area contributed by atoms with Crippen molar-refractivity contribution in [1.82, 2.24) is 20.1 Å². The molecule has 9 nitrogen and oxygen atoms in total. The Hall–Kier alpha value is -3.63. The zero-order valence-electron chi connectivity index (χ0n) is 17.3. The molecule has 0 bridgehead atoms. The minimum absolute atomic E-state index is 0.0575. The normalized spacial score (nSPS) is 10.5. The van der Waals surface area contributed by atoms with Gasteiger partial charge in [-0.3, -0.25) is 9.59 Å². The number of benzene rings is 2. The van der Waals surface area contributed by atoms with Gasteiger partial charge in [-0.25, -0.2) is 4.79 Å². The van der Waals surface area contributed by atoms with Crippen LogP contribution in [-0.2, 0) is 17.9 Å². The lowest BCUT2D eigenvalue weighted by atomic mass is 10.2. The minimum atomic E-state index is -1.04. The van der Waals surface area contributed by atoms with E-state index >= 15 is 0 Å². The highest BCUT2D eigenvalue weighted by Gasteiger charge is 2.16. The fourth-order valence-electron chi connectivity index (χ4n) is 2.79. The molecule has 11 heteroatoms. The number of carboxylic acids is 1. The molecule has 0 spiro atoms. The minimum Gasteiger partial charge on any atom is -0.478 e. The predicted octanol–water partition coefficient (Wildman–Crippen LogP) is 3.48. The number of amides is 2. The highest BCUT2D eigenvalue weighted by molar-refractivity contribution is 7.99.